The highest BCUT2D eigenvalue weighted by Crippen LogP contribution is 2.39. The standard InChI is InChI=1S/C17H18O6S/c1-10-5-8-14(24-10)12(18)9-23-17(19)11-6-7-13(20-2)16(22-4)15(11)21-3/h5-8H,9H2,1-4H3. The summed E-state index contributed by atoms with van der Waals surface area (Å²) in [5.74, 6) is -0.0118. The molecule has 24 heavy (non-hydrogen) atoms. The molecule has 128 valence electrons. The average Bonchev–Trinajstić information content (AvgIpc) is 3.04. The molecule has 0 saturated heterocycles. The molecule has 0 unspecified atom stereocenters. The maximum atomic E-state index is 12.3. The van der Waals surface area contributed by atoms with Crippen molar-refractivity contribution in [1.29, 1.82) is 0 Å². The predicted octanol–water partition coefficient (Wildman–Crippen LogP) is 3.12. The molecule has 2 rings (SSSR count). The second-order valence-electron chi connectivity index (χ2n) is 4.79. The zero-order chi connectivity index (χ0) is 17.7. The van der Waals surface area contributed by atoms with Crippen molar-refractivity contribution in [2.45, 2.75) is 6.92 Å². The molecular weight excluding hydrogens is 332 g/mol. The molecule has 0 atom stereocenters. The minimum atomic E-state index is -0.672. The van der Waals surface area contributed by atoms with Crippen LogP contribution in [-0.2, 0) is 4.74 Å². The van der Waals surface area contributed by atoms with Gasteiger partial charge in [-0.05, 0) is 31.2 Å². The predicted molar refractivity (Wildman–Crippen MR) is 89.8 cm³/mol. The Hall–Kier alpha value is -2.54. The number of rotatable bonds is 7. The van der Waals surface area contributed by atoms with Gasteiger partial charge in [-0.25, -0.2) is 4.79 Å². The van der Waals surface area contributed by atoms with Gasteiger partial charge in [0.05, 0.1) is 26.2 Å². The third kappa shape index (κ3) is 3.68. The first-order valence-electron chi connectivity index (χ1n) is 7.07. The number of aryl methyl sites for hydroxylation is 1. The van der Waals surface area contributed by atoms with E-state index in [1.165, 1.54) is 38.7 Å². The lowest BCUT2D eigenvalue weighted by atomic mass is 10.1. The molecule has 0 fully saturated rings. The van der Waals surface area contributed by atoms with Gasteiger partial charge in [0.25, 0.3) is 0 Å². The van der Waals surface area contributed by atoms with Crippen LogP contribution in [0.3, 0.4) is 0 Å². The summed E-state index contributed by atoms with van der Waals surface area (Å²) in [7, 11) is 4.34. The Bertz CT molecular complexity index is 750. The molecule has 0 spiro atoms. The van der Waals surface area contributed by atoms with Crippen LogP contribution in [-0.4, -0.2) is 39.7 Å². The zero-order valence-electron chi connectivity index (χ0n) is 13.9. The lowest BCUT2D eigenvalue weighted by Gasteiger charge is -2.14. The lowest BCUT2D eigenvalue weighted by molar-refractivity contribution is 0.0472. The Morgan fingerprint density at radius 1 is 0.958 bits per heavy atom. The van der Waals surface area contributed by atoms with Crippen LogP contribution in [0, 0.1) is 6.92 Å². The highest BCUT2D eigenvalue weighted by molar-refractivity contribution is 7.14. The molecule has 6 nitrogen and oxygen atoms in total. The van der Waals surface area contributed by atoms with Crippen LogP contribution < -0.4 is 14.2 Å². The highest BCUT2D eigenvalue weighted by Gasteiger charge is 2.22. The van der Waals surface area contributed by atoms with Crippen molar-refractivity contribution >= 4 is 23.1 Å². The third-order valence-electron chi connectivity index (χ3n) is 3.27. The molecule has 0 saturated carbocycles. The molecule has 0 radical (unpaired) electrons. The van der Waals surface area contributed by atoms with Gasteiger partial charge in [-0.1, -0.05) is 0 Å². The summed E-state index contributed by atoms with van der Waals surface area (Å²) in [5.41, 5.74) is 0.158. The summed E-state index contributed by atoms with van der Waals surface area (Å²) in [4.78, 5) is 25.9. The fourth-order valence-corrected chi connectivity index (χ4v) is 2.92. The third-order valence-corrected chi connectivity index (χ3v) is 4.32. The van der Waals surface area contributed by atoms with E-state index >= 15 is 0 Å². The molecule has 7 heteroatoms. The topological polar surface area (TPSA) is 71.1 Å². The van der Waals surface area contributed by atoms with E-state index in [1.807, 2.05) is 13.0 Å². The molecular formula is C17H18O6S. The molecule has 0 amide bonds. The van der Waals surface area contributed by atoms with Crippen molar-refractivity contribution in [1.82, 2.24) is 0 Å². The second-order valence-corrected chi connectivity index (χ2v) is 6.08. The monoisotopic (exact) mass is 350 g/mol. The van der Waals surface area contributed by atoms with E-state index in [-0.39, 0.29) is 29.5 Å². The molecule has 0 N–H and O–H groups in total. The normalized spacial score (nSPS) is 10.2. The van der Waals surface area contributed by atoms with E-state index < -0.39 is 5.97 Å². The van der Waals surface area contributed by atoms with Crippen LogP contribution in [0.1, 0.15) is 24.9 Å². The van der Waals surface area contributed by atoms with Gasteiger partial charge in [0.2, 0.25) is 11.5 Å². The number of Topliss-reactive ketones (excluding diaryl/α,β-unsaturated/α-hetero) is 1. The number of hydrogen-bond donors (Lipinski definition) is 0. The van der Waals surface area contributed by atoms with Gasteiger partial charge in [-0.2, -0.15) is 0 Å². The van der Waals surface area contributed by atoms with E-state index in [2.05, 4.69) is 0 Å². The molecule has 1 aromatic carbocycles. The summed E-state index contributed by atoms with van der Waals surface area (Å²) in [6.45, 7) is 1.57. The summed E-state index contributed by atoms with van der Waals surface area (Å²) in [6, 6.07) is 6.63. The quantitative estimate of drug-likeness (QED) is 0.564. The number of thiophene rings is 1. The minimum absolute atomic E-state index is 0.158. The summed E-state index contributed by atoms with van der Waals surface area (Å²) in [5, 5.41) is 0. The SMILES string of the molecule is COc1ccc(C(=O)OCC(=O)c2ccc(C)s2)c(OC)c1OC. The number of esters is 1. The molecule has 1 heterocycles. The van der Waals surface area contributed by atoms with Crippen molar-refractivity contribution in [2.24, 2.45) is 0 Å². The first kappa shape index (κ1) is 17.8. The van der Waals surface area contributed by atoms with Crippen molar-refractivity contribution in [3.63, 3.8) is 0 Å². The van der Waals surface area contributed by atoms with Gasteiger partial charge in [-0.3, -0.25) is 4.79 Å². The van der Waals surface area contributed by atoms with E-state index in [0.29, 0.717) is 10.6 Å². The number of carbonyl (C=O) groups excluding carboxylic acids is 2. The Kier molecular flexibility index (Phi) is 5.81. The van der Waals surface area contributed by atoms with Gasteiger partial charge in [0, 0.05) is 4.88 Å². The smallest absolute Gasteiger partial charge is 0.342 e. The number of ketones is 1. The van der Waals surface area contributed by atoms with Crippen molar-refractivity contribution in [3.05, 3.63) is 39.6 Å². The van der Waals surface area contributed by atoms with Crippen LogP contribution >= 0.6 is 11.3 Å². The van der Waals surface area contributed by atoms with E-state index in [9.17, 15) is 9.59 Å². The summed E-state index contributed by atoms with van der Waals surface area (Å²) in [6.07, 6.45) is 0. The summed E-state index contributed by atoms with van der Waals surface area (Å²) >= 11 is 1.36. The first-order valence-corrected chi connectivity index (χ1v) is 7.89. The molecule has 1 aromatic heterocycles. The largest absolute Gasteiger partial charge is 0.493 e. The molecule has 0 aliphatic rings. The van der Waals surface area contributed by atoms with Gasteiger partial charge < -0.3 is 18.9 Å². The van der Waals surface area contributed by atoms with Crippen molar-refractivity contribution in [3.8, 4) is 17.2 Å². The number of ether oxygens (including phenoxy) is 4. The van der Waals surface area contributed by atoms with Crippen molar-refractivity contribution < 1.29 is 28.5 Å². The summed E-state index contributed by atoms with van der Waals surface area (Å²) < 4.78 is 20.7. The molecule has 2 aromatic rings. The van der Waals surface area contributed by atoms with Gasteiger partial charge >= 0.3 is 5.97 Å². The van der Waals surface area contributed by atoms with Crippen molar-refractivity contribution in [2.75, 3.05) is 27.9 Å². The van der Waals surface area contributed by atoms with E-state index in [0.717, 1.165) is 4.88 Å². The van der Waals surface area contributed by atoms with Crippen LogP contribution in [0.5, 0.6) is 17.2 Å². The Morgan fingerprint density at radius 3 is 2.21 bits per heavy atom. The minimum Gasteiger partial charge on any atom is -0.493 e. The Labute approximate surface area is 143 Å². The molecule has 0 aliphatic heterocycles. The lowest BCUT2D eigenvalue weighted by Crippen LogP contribution is -2.14. The Balaban J connectivity index is 2.16. The van der Waals surface area contributed by atoms with Crippen LogP contribution in [0.15, 0.2) is 24.3 Å². The van der Waals surface area contributed by atoms with E-state index in [1.54, 1.807) is 12.1 Å². The zero-order valence-corrected chi connectivity index (χ0v) is 14.7. The number of hydrogen-bond acceptors (Lipinski definition) is 7. The maximum Gasteiger partial charge on any atom is 0.342 e. The second kappa shape index (κ2) is 7.83. The van der Waals surface area contributed by atoms with Crippen LogP contribution in [0.4, 0.5) is 0 Å². The molecule has 0 aliphatic carbocycles. The van der Waals surface area contributed by atoms with Gasteiger partial charge in [0.1, 0.15) is 5.56 Å². The van der Waals surface area contributed by atoms with Gasteiger partial charge in [0.15, 0.2) is 18.1 Å². The van der Waals surface area contributed by atoms with Gasteiger partial charge in [-0.15, -0.1) is 11.3 Å². The number of carbonyl (C=O) groups is 2. The fourth-order valence-electron chi connectivity index (χ4n) is 2.13. The highest BCUT2D eigenvalue weighted by atomic mass is 32.1. The fraction of sp³-hybridized carbons (Fsp3) is 0.294. The van der Waals surface area contributed by atoms with Crippen LogP contribution in [0.25, 0.3) is 0 Å². The first-order chi connectivity index (χ1) is 11.5. The maximum absolute atomic E-state index is 12.3. The average molecular weight is 350 g/mol. The van der Waals surface area contributed by atoms with E-state index in [4.69, 9.17) is 18.9 Å². The van der Waals surface area contributed by atoms with Crippen LogP contribution in [0.2, 0.25) is 0 Å². The molecule has 0 bridgehead atoms. The Morgan fingerprint density at radius 2 is 1.67 bits per heavy atom. The number of methoxy groups -OCH3 is 3. The number of benzene rings is 1.